The van der Waals surface area contributed by atoms with Gasteiger partial charge in [0, 0.05) is 18.0 Å². The van der Waals surface area contributed by atoms with Crippen LogP contribution < -0.4 is 19.5 Å². The Bertz CT molecular complexity index is 1120. The van der Waals surface area contributed by atoms with Crippen molar-refractivity contribution in [2.75, 3.05) is 17.1 Å². The molecule has 1 heterocycles. The molecule has 0 unspecified atom stereocenters. The number of nitrogens with zero attached hydrogens (tertiary/aromatic N) is 1. The van der Waals surface area contributed by atoms with Gasteiger partial charge in [0.2, 0.25) is 0 Å². The van der Waals surface area contributed by atoms with Gasteiger partial charge in [-0.1, -0.05) is 13.0 Å². The lowest BCUT2D eigenvalue weighted by Gasteiger charge is -2.18. The number of carbonyl (C=O) groups is 1. The highest BCUT2D eigenvalue weighted by molar-refractivity contribution is 7.92. The second-order valence-corrected chi connectivity index (χ2v) is 8.24. The zero-order chi connectivity index (χ0) is 22.3. The van der Waals surface area contributed by atoms with Gasteiger partial charge in [0.15, 0.2) is 6.10 Å². The average molecular weight is 442 g/mol. The first kappa shape index (κ1) is 22.1. The number of amides is 1. The highest BCUT2D eigenvalue weighted by atomic mass is 32.2. The molecule has 3 rings (SSSR count). The van der Waals surface area contributed by atoms with Gasteiger partial charge in [0.05, 0.1) is 23.9 Å². The van der Waals surface area contributed by atoms with E-state index in [0.717, 1.165) is 0 Å². The summed E-state index contributed by atoms with van der Waals surface area (Å²) in [5, 5.41) is 2.75. The van der Waals surface area contributed by atoms with E-state index in [1.54, 1.807) is 49.7 Å². The van der Waals surface area contributed by atoms with Crippen molar-refractivity contribution >= 4 is 27.3 Å². The Morgan fingerprint density at radius 2 is 1.77 bits per heavy atom. The Kier molecular flexibility index (Phi) is 7.09. The molecule has 2 aromatic carbocycles. The van der Waals surface area contributed by atoms with E-state index in [1.165, 1.54) is 30.5 Å². The standard InChI is InChI=1S/C22H23N3O5S/c1-3-21(30-19-8-4-7-18(14-19)29-2)22(26)24-16-9-11-20(12-10-16)31(27,28)25-17-6-5-13-23-15-17/h4-15,21,25H,3H2,1-2H3,(H,24,26)/t21-/m0/s1. The molecule has 0 spiro atoms. The van der Waals surface area contributed by atoms with E-state index in [0.29, 0.717) is 29.3 Å². The van der Waals surface area contributed by atoms with E-state index < -0.39 is 16.1 Å². The maximum Gasteiger partial charge on any atom is 0.265 e. The highest BCUT2D eigenvalue weighted by Gasteiger charge is 2.20. The smallest absolute Gasteiger partial charge is 0.265 e. The number of aromatic nitrogens is 1. The Labute approximate surface area is 181 Å². The van der Waals surface area contributed by atoms with Crippen molar-refractivity contribution in [2.24, 2.45) is 0 Å². The molecule has 0 aliphatic heterocycles. The number of anilines is 2. The molecule has 8 nitrogen and oxygen atoms in total. The van der Waals surface area contributed by atoms with Crippen molar-refractivity contribution in [3.05, 3.63) is 73.1 Å². The molecule has 2 N–H and O–H groups in total. The number of methoxy groups -OCH3 is 1. The van der Waals surface area contributed by atoms with Gasteiger partial charge in [0.1, 0.15) is 11.5 Å². The molecular weight excluding hydrogens is 418 g/mol. The molecule has 162 valence electrons. The second kappa shape index (κ2) is 9.94. The fourth-order valence-electron chi connectivity index (χ4n) is 2.74. The van der Waals surface area contributed by atoms with E-state index in [2.05, 4.69) is 15.0 Å². The number of sulfonamides is 1. The third-order valence-corrected chi connectivity index (χ3v) is 5.73. The maximum absolute atomic E-state index is 12.6. The number of hydrogen-bond donors (Lipinski definition) is 2. The summed E-state index contributed by atoms with van der Waals surface area (Å²) < 4.78 is 38.4. The molecule has 1 amide bonds. The van der Waals surface area contributed by atoms with Crippen LogP contribution in [0.1, 0.15) is 13.3 Å². The topological polar surface area (TPSA) is 107 Å². The fourth-order valence-corrected chi connectivity index (χ4v) is 3.78. The normalized spacial score (nSPS) is 11.9. The number of benzene rings is 2. The Hall–Kier alpha value is -3.59. The first-order valence-electron chi connectivity index (χ1n) is 9.56. The van der Waals surface area contributed by atoms with Crippen LogP contribution in [0.15, 0.2) is 78.0 Å². The number of rotatable bonds is 9. The minimum Gasteiger partial charge on any atom is -0.497 e. The number of ether oxygens (including phenoxy) is 2. The lowest BCUT2D eigenvalue weighted by atomic mass is 10.2. The number of nitrogens with one attached hydrogen (secondary N) is 2. The van der Waals surface area contributed by atoms with Crippen LogP contribution in [-0.2, 0) is 14.8 Å². The van der Waals surface area contributed by atoms with Crippen molar-refractivity contribution < 1.29 is 22.7 Å². The van der Waals surface area contributed by atoms with E-state index in [1.807, 2.05) is 6.92 Å². The van der Waals surface area contributed by atoms with Gasteiger partial charge < -0.3 is 14.8 Å². The fraction of sp³-hybridized carbons (Fsp3) is 0.182. The average Bonchev–Trinajstić information content (AvgIpc) is 2.78. The Balaban J connectivity index is 1.65. The predicted octanol–water partition coefficient (Wildman–Crippen LogP) is 3.69. The van der Waals surface area contributed by atoms with Crippen LogP contribution in [0.4, 0.5) is 11.4 Å². The molecule has 3 aromatic rings. The van der Waals surface area contributed by atoms with E-state index >= 15 is 0 Å². The van der Waals surface area contributed by atoms with Crippen LogP contribution in [0.2, 0.25) is 0 Å². The zero-order valence-corrected chi connectivity index (χ0v) is 17.9. The highest BCUT2D eigenvalue weighted by Crippen LogP contribution is 2.22. The van der Waals surface area contributed by atoms with E-state index in [9.17, 15) is 13.2 Å². The molecule has 0 aliphatic rings. The quantitative estimate of drug-likeness (QED) is 0.525. The Morgan fingerprint density at radius 3 is 2.42 bits per heavy atom. The van der Waals surface area contributed by atoms with Gasteiger partial charge in [-0.05, 0) is 55.0 Å². The van der Waals surface area contributed by atoms with Gasteiger partial charge in [-0.25, -0.2) is 8.42 Å². The van der Waals surface area contributed by atoms with Gasteiger partial charge >= 0.3 is 0 Å². The van der Waals surface area contributed by atoms with Crippen molar-refractivity contribution in [3.8, 4) is 11.5 Å². The van der Waals surface area contributed by atoms with Gasteiger partial charge in [-0.2, -0.15) is 0 Å². The SMILES string of the molecule is CC[C@H](Oc1cccc(OC)c1)C(=O)Nc1ccc(S(=O)(=O)Nc2cccnc2)cc1. The van der Waals surface area contributed by atoms with Crippen molar-refractivity contribution in [1.82, 2.24) is 4.98 Å². The van der Waals surface area contributed by atoms with Gasteiger partial charge in [-0.3, -0.25) is 14.5 Å². The van der Waals surface area contributed by atoms with Crippen LogP contribution in [0.5, 0.6) is 11.5 Å². The molecule has 0 bridgehead atoms. The first-order chi connectivity index (χ1) is 14.9. The monoisotopic (exact) mass is 441 g/mol. The van der Waals surface area contributed by atoms with Gasteiger partial charge in [0.25, 0.3) is 15.9 Å². The van der Waals surface area contributed by atoms with Crippen LogP contribution in [0.25, 0.3) is 0 Å². The summed E-state index contributed by atoms with van der Waals surface area (Å²) >= 11 is 0. The molecule has 0 radical (unpaired) electrons. The van der Waals surface area contributed by atoms with Crippen molar-refractivity contribution in [3.63, 3.8) is 0 Å². The van der Waals surface area contributed by atoms with Crippen LogP contribution in [-0.4, -0.2) is 32.5 Å². The molecule has 31 heavy (non-hydrogen) atoms. The molecule has 0 saturated heterocycles. The van der Waals surface area contributed by atoms with Crippen LogP contribution >= 0.6 is 0 Å². The second-order valence-electron chi connectivity index (χ2n) is 6.55. The third kappa shape index (κ3) is 5.95. The molecular formula is C22H23N3O5S. The van der Waals surface area contributed by atoms with E-state index in [-0.39, 0.29) is 10.8 Å². The predicted molar refractivity (Wildman–Crippen MR) is 118 cm³/mol. The lowest BCUT2D eigenvalue weighted by molar-refractivity contribution is -0.122. The van der Waals surface area contributed by atoms with Crippen LogP contribution in [0, 0.1) is 0 Å². The summed E-state index contributed by atoms with van der Waals surface area (Å²) in [5.74, 6) is 0.808. The summed E-state index contributed by atoms with van der Waals surface area (Å²) in [4.78, 5) is 16.6. The maximum atomic E-state index is 12.6. The number of pyridine rings is 1. The molecule has 0 fully saturated rings. The van der Waals surface area contributed by atoms with E-state index in [4.69, 9.17) is 9.47 Å². The minimum atomic E-state index is -3.77. The Morgan fingerprint density at radius 1 is 1.03 bits per heavy atom. The molecule has 9 heteroatoms. The summed E-state index contributed by atoms with van der Waals surface area (Å²) in [5.41, 5.74) is 0.818. The zero-order valence-electron chi connectivity index (χ0n) is 17.1. The lowest BCUT2D eigenvalue weighted by Crippen LogP contribution is -2.32. The first-order valence-corrected chi connectivity index (χ1v) is 11.0. The minimum absolute atomic E-state index is 0.0639. The molecule has 1 atom stereocenters. The van der Waals surface area contributed by atoms with Crippen molar-refractivity contribution in [2.45, 2.75) is 24.3 Å². The molecule has 0 saturated carbocycles. The summed E-state index contributed by atoms with van der Waals surface area (Å²) in [6, 6.07) is 16.1. The number of hydrogen-bond acceptors (Lipinski definition) is 6. The third-order valence-electron chi connectivity index (χ3n) is 4.33. The molecule has 0 aliphatic carbocycles. The summed E-state index contributed by atoms with van der Waals surface area (Å²) in [6.45, 7) is 1.84. The van der Waals surface area contributed by atoms with Crippen molar-refractivity contribution in [1.29, 1.82) is 0 Å². The summed E-state index contributed by atoms with van der Waals surface area (Å²) in [6.07, 6.45) is 2.70. The molecule has 1 aromatic heterocycles. The van der Waals surface area contributed by atoms with Gasteiger partial charge in [-0.15, -0.1) is 0 Å². The largest absolute Gasteiger partial charge is 0.497 e. The van der Waals surface area contributed by atoms with Crippen LogP contribution in [0.3, 0.4) is 0 Å². The summed E-state index contributed by atoms with van der Waals surface area (Å²) in [7, 11) is -2.21. The number of carbonyl (C=O) groups excluding carboxylic acids is 1.